The summed E-state index contributed by atoms with van der Waals surface area (Å²) in [6.45, 7) is 1.59. The Kier molecular flexibility index (Phi) is 2.67. The van der Waals surface area contributed by atoms with Gasteiger partial charge in [0, 0.05) is 18.1 Å². The molecule has 0 aliphatic heterocycles. The van der Waals surface area contributed by atoms with E-state index in [-0.39, 0.29) is 5.56 Å². The summed E-state index contributed by atoms with van der Waals surface area (Å²) in [6, 6.07) is 4.88. The minimum atomic E-state index is -1.22. The number of para-hydroxylation sites is 1. The molecule has 0 aliphatic carbocycles. The van der Waals surface area contributed by atoms with E-state index in [1.807, 2.05) is 0 Å². The van der Waals surface area contributed by atoms with Gasteiger partial charge >= 0.3 is 5.97 Å². The average Bonchev–Trinajstić information content (AvgIpc) is 2.25. The lowest BCUT2D eigenvalue weighted by molar-refractivity contribution is 0.0694. The number of pyridine rings is 1. The van der Waals surface area contributed by atoms with Gasteiger partial charge in [0.15, 0.2) is 0 Å². The second-order valence-corrected chi connectivity index (χ2v) is 4.20. The Hall–Kier alpha value is -1.81. The lowest BCUT2D eigenvalue weighted by Gasteiger charge is -2.12. The molecule has 1 aromatic carbocycles. The van der Waals surface area contributed by atoms with E-state index in [1.165, 1.54) is 0 Å². The van der Waals surface area contributed by atoms with Crippen LogP contribution >= 0.6 is 11.6 Å². The molecule has 2 aromatic rings. The van der Waals surface area contributed by atoms with Crippen LogP contribution in [0, 0.1) is 6.92 Å². The van der Waals surface area contributed by atoms with Gasteiger partial charge in [-0.05, 0) is 19.1 Å². The van der Waals surface area contributed by atoms with Crippen LogP contribution in [-0.4, -0.2) is 15.6 Å². The Labute approximate surface area is 102 Å². The Bertz CT molecular complexity index is 688. The summed E-state index contributed by atoms with van der Waals surface area (Å²) in [7, 11) is 1.69. The van der Waals surface area contributed by atoms with Crippen LogP contribution in [0.4, 0.5) is 0 Å². The summed E-state index contributed by atoms with van der Waals surface area (Å²) >= 11 is 6.03. The summed E-state index contributed by atoms with van der Waals surface area (Å²) in [5, 5.41) is 9.81. The molecule has 0 saturated heterocycles. The van der Waals surface area contributed by atoms with Crippen LogP contribution in [0.25, 0.3) is 10.9 Å². The summed E-state index contributed by atoms with van der Waals surface area (Å²) < 4.78 is 1.63. The highest BCUT2D eigenvalue weighted by Gasteiger charge is 2.18. The van der Waals surface area contributed by atoms with E-state index < -0.39 is 11.4 Å². The van der Waals surface area contributed by atoms with Crippen molar-refractivity contribution in [2.45, 2.75) is 6.92 Å². The van der Waals surface area contributed by atoms with Crippen LogP contribution in [0.5, 0.6) is 0 Å². The van der Waals surface area contributed by atoms with E-state index in [0.29, 0.717) is 21.6 Å². The number of aromatic nitrogens is 1. The maximum Gasteiger partial charge on any atom is 0.341 e. The Balaban J connectivity index is 3.12. The zero-order chi connectivity index (χ0) is 12.7. The SMILES string of the molecule is Cc1c(C(=O)O)c(=O)c2cccc(Cl)c2n1C. The van der Waals surface area contributed by atoms with Crippen molar-refractivity contribution in [3.63, 3.8) is 0 Å². The molecule has 1 N–H and O–H groups in total. The van der Waals surface area contributed by atoms with E-state index in [4.69, 9.17) is 16.7 Å². The van der Waals surface area contributed by atoms with Crippen molar-refractivity contribution in [1.82, 2.24) is 4.57 Å². The summed E-state index contributed by atoms with van der Waals surface area (Å²) in [5.41, 5.74) is 0.248. The fourth-order valence-corrected chi connectivity index (χ4v) is 2.23. The number of hydrogen-bond donors (Lipinski definition) is 1. The Morgan fingerprint density at radius 1 is 1.41 bits per heavy atom. The normalized spacial score (nSPS) is 10.8. The van der Waals surface area contributed by atoms with Gasteiger partial charge in [-0.2, -0.15) is 0 Å². The first-order valence-electron chi connectivity index (χ1n) is 4.96. The molecule has 0 bridgehead atoms. The maximum absolute atomic E-state index is 12.0. The van der Waals surface area contributed by atoms with Gasteiger partial charge in [-0.25, -0.2) is 4.79 Å². The van der Waals surface area contributed by atoms with Crippen LogP contribution in [0.15, 0.2) is 23.0 Å². The third-order valence-electron chi connectivity index (χ3n) is 2.87. The number of hydrogen-bond acceptors (Lipinski definition) is 2. The highest BCUT2D eigenvalue weighted by Crippen LogP contribution is 2.22. The van der Waals surface area contributed by atoms with Gasteiger partial charge in [0.25, 0.3) is 0 Å². The number of carboxylic acid groups (broad SMARTS) is 1. The molecule has 0 amide bonds. The molecular weight excluding hydrogens is 242 g/mol. The molecule has 0 radical (unpaired) electrons. The molecule has 2 rings (SSSR count). The molecule has 0 aliphatic rings. The van der Waals surface area contributed by atoms with Crippen LogP contribution in [0.2, 0.25) is 5.02 Å². The molecule has 0 fully saturated rings. The van der Waals surface area contributed by atoms with Crippen molar-refractivity contribution in [3.8, 4) is 0 Å². The van der Waals surface area contributed by atoms with E-state index in [0.717, 1.165) is 0 Å². The van der Waals surface area contributed by atoms with Crippen molar-refractivity contribution in [3.05, 3.63) is 44.7 Å². The Morgan fingerprint density at radius 3 is 2.65 bits per heavy atom. The molecule has 0 spiro atoms. The van der Waals surface area contributed by atoms with Crippen molar-refractivity contribution in [1.29, 1.82) is 0 Å². The largest absolute Gasteiger partial charge is 0.477 e. The molecule has 0 atom stereocenters. The number of nitrogens with zero attached hydrogens (tertiary/aromatic N) is 1. The zero-order valence-electron chi connectivity index (χ0n) is 9.32. The van der Waals surface area contributed by atoms with Crippen molar-refractivity contribution < 1.29 is 9.90 Å². The van der Waals surface area contributed by atoms with E-state index in [1.54, 1.807) is 36.7 Å². The van der Waals surface area contributed by atoms with Crippen LogP contribution < -0.4 is 5.43 Å². The van der Waals surface area contributed by atoms with Gasteiger partial charge in [0.1, 0.15) is 5.56 Å². The summed E-state index contributed by atoms with van der Waals surface area (Å²) in [5.74, 6) is -1.22. The second-order valence-electron chi connectivity index (χ2n) is 3.79. The summed E-state index contributed by atoms with van der Waals surface area (Å²) in [6.07, 6.45) is 0. The molecule has 88 valence electrons. The standard InChI is InChI=1S/C12H10ClNO3/c1-6-9(12(16)17)11(15)7-4-3-5-8(13)10(7)14(6)2/h3-5H,1-2H3,(H,16,17). The Morgan fingerprint density at radius 2 is 2.06 bits per heavy atom. The highest BCUT2D eigenvalue weighted by molar-refractivity contribution is 6.35. The maximum atomic E-state index is 12.0. The number of fused-ring (bicyclic) bond motifs is 1. The predicted octanol–water partition coefficient (Wildman–Crippen LogP) is 2.20. The number of rotatable bonds is 1. The minimum Gasteiger partial charge on any atom is -0.477 e. The second kappa shape index (κ2) is 3.89. The van der Waals surface area contributed by atoms with Crippen LogP contribution in [-0.2, 0) is 7.05 Å². The molecule has 0 saturated carbocycles. The van der Waals surface area contributed by atoms with Gasteiger partial charge in [0.2, 0.25) is 5.43 Å². The number of carbonyl (C=O) groups is 1. The fourth-order valence-electron chi connectivity index (χ4n) is 1.93. The van der Waals surface area contributed by atoms with Crippen LogP contribution in [0.1, 0.15) is 16.1 Å². The van der Waals surface area contributed by atoms with Crippen LogP contribution in [0.3, 0.4) is 0 Å². The fraction of sp³-hybridized carbons (Fsp3) is 0.167. The van der Waals surface area contributed by atoms with Gasteiger partial charge in [0.05, 0.1) is 10.5 Å². The first-order chi connectivity index (χ1) is 7.95. The lowest BCUT2D eigenvalue weighted by atomic mass is 10.1. The van der Waals surface area contributed by atoms with Crippen molar-refractivity contribution >= 4 is 28.5 Å². The first-order valence-corrected chi connectivity index (χ1v) is 5.34. The number of aryl methyl sites for hydroxylation is 1. The molecule has 4 nitrogen and oxygen atoms in total. The molecule has 0 unspecified atom stereocenters. The van der Waals surface area contributed by atoms with Gasteiger partial charge < -0.3 is 9.67 Å². The zero-order valence-corrected chi connectivity index (χ0v) is 10.1. The van der Waals surface area contributed by atoms with E-state index in [9.17, 15) is 9.59 Å². The summed E-state index contributed by atoms with van der Waals surface area (Å²) in [4.78, 5) is 23.1. The molecule has 17 heavy (non-hydrogen) atoms. The lowest BCUT2D eigenvalue weighted by Crippen LogP contribution is -2.21. The predicted molar refractivity (Wildman–Crippen MR) is 65.9 cm³/mol. The molecular formula is C12H10ClNO3. The smallest absolute Gasteiger partial charge is 0.341 e. The topological polar surface area (TPSA) is 59.3 Å². The number of halogens is 1. The van der Waals surface area contributed by atoms with E-state index in [2.05, 4.69) is 0 Å². The van der Waals surface area contributed by atoms with Crippen molar-refractivity contribution in [2.24, 2.45) is 7.05 Å². The van der Waals surface area contributed by atoms with Crippen molar-refractivity contribution in [2.75, 3.05) is 0 Å². The average molecular weight is 252 g/mol. The molecule has 1 aromatic heterocycles. The third kappa shape index (κ3) is 1.61. The monoisotopic (exact) mass is 251 g/mol. The van der Waals surface area contributed by atoms with Gasteiger partial charge in [-0.1, -0.05) is 17.7 Å². The minimum absolute atomic E-state index is 0.206. The van der Waals surface area contributed by atoms with Gasteiger partial charge in [-0.3, -0.25) is 4.79 Å². The number of benzene rings is 1. The number of aromatic carboxylic acids is 1. The first kappa shape index (κ1) is 11.7. The quantitative estimate of drug-likeness (QED) is 0.845. The number of carboxylic acids is 1. The highest BCUT2D eigenvalue weighted by atomic mass is 35.5. The molecule has 5 heteroatoms. The molecule has 1 heterocycles. The third-order valence-corrected chi connectivity index (χ3v) is 3.18. The van der Waals surface area contributed by atoms with E-state index >= 15 is 0 Å². The van der Waals surface area contributed by atoms with Gasteiger partial charge in [-0.15, -0.1) is 0 Å².